The molecule has 1 atom stereocenters. The van der Waals surface area contributed by atoms with Gasteiger partial charge >= 0.3 is 0 Å². The van der Waals surface area contributed by atoms with E-state index in [1.807, 2.05) is 7.05 Å². The monoisotopic (exact) mass is 188 g/mol. The minimum Gasteiger partial charge on any atom is -0.377 e. The van der Waals surface area contributed by atoms with E-state index >= 15 is 0 Å². The van der Waals surface area contributed by atoms with Crippen LogP contribution in [0.25, 0.3) is 0 Å². The molecule has 1 saturated heterocycles. The van der Waals surface area contributed by atoms with Gasteiger partial charge in [-0.1, -0.05) is 0 Å². The fourth-order valence-electron chi connectivity index (χ4n) is 1.34. The highest BCUT2D eigenvalue weighted by atomic mass is 32.1. The number of nitrogens with one attached hydrogen (secondary N) is 1. The minimum absolute atomic E-state index is 0.291. The van der Waals surface area contributed by atoms with Crippen LogP contribution in [0.3, 0.4) is 0 Å². The van der Waals surface area contributed by atoms with Crippen LogP contribution in [0.15, 0.2) is 0 Å². The molecule has 0 aromatic heterocycles. The van der Waals surface area contributed by atoms with Gasteiger partial charge in [0.25, 0.3) is 0 Å². The van der Waals surface area contributed by atoms with Crippen molar-refractivity contribution in [2.45, 2.75) is 19.4 Å². The van der Waals surface area contributed by atoms with E-state index in [9.17, 15) is 0 Å². The third-order valence-electron chi connectivity index (χ3n) is 1.95. The van der Waals surface area contributed by atoms with Gasteiger partial charge < -0.3 is 15.0 Å². The van der Waals surface area contributed by atoms with Gasteiger partial charge in [0.05, 0.1) is 6.10 Å². The smallest absolute Gasteiger partial charge is 0.168 e. The van der Waals surface area contributed by atoms with Crippen LogP contribution in [0, 0.1) is 0 Å². The van der Waals surface area contributed by atoms with Crippen LogP contribution in [-0.4, -0.2) is 42.9 Å². The van der Waals surface area contributed by atoms with Crippen molar-refractivity contribution in [3.05, 3.63) is 0 Å². The van der Waals surface area contributed by atoms with Crippen molar-refractivity contribution < 1.29 is 4.74 Å². The fraction of sp³-hybridized carbons (Fsp3) is 0.875. The van der Waals surface area contributed by atoms with Crippen LogP contribution in [0.4, 0.5) is 0 Å². The zero-order valence-electron chi connectivity index (χ0n) is 7.67. The van der Waals surface area contributed by atoms with Gasteiger partial charge in [0.15, 0.2) is 5.11 Å². The maximum absolute atomic E-state index is 5.50. The first-order valence-corrected chi connectivity index (χ1v) is 4.73. The maximum Gasteiger partial charge on any atom is 0.168 e. The molecular formula is C8H16N2OS. The van der Waals surface area contributed by atoms with Gasteiger partial charge in [-0.2, -0.15) is 0 Å². The van der Waals surface area contributed by atoms with Crippen molar-refractivity contribution in [2.75, 3.05) is 26.7 Å². The molecule has 70 valence electrons. The first-order chi connectivity index (χ1) is 5.74. The Kier molecular flexibility index (Phi) is 3.75. The number of rotatable bonds is 0. The number of nitrogens with zero attached hydrogens (tertiary/aromatic N) is 1. The molecule has 12 heavy (non-hydrogen) atoms. The summed E-state index contributed by atoms with van der Waals surface area (Å²) in [5.74, 6) is 0. The number of hydrogen-bond donors (Lipinski definition) is 1. The lowest BCUT2D eigenvalue weighted by atomic mass is 10.3. The fourth-order valence-corrected chi connectivity index (χ4v) is 1.50. The van der Waals surface area contributed by atoms with Crippen LogP contribution < -0.4 is 5.32 Å². The first-order valence-electron chi connectivity index (χ1n) is 4.32. The van der Waals surface area contributed by atoms with E-state index in [1.165, 1.54) is 0 Å². The average Bonchev–Trinajstić information content (AvgIpc) is 2.28. The third-order valence-corrected chi connectivity index (χ3v) is 2.42. The summed E-state index contributed by atoms with van der Waals surface area (Å²) in [6.07, 6.45) is 1.35. The lowest BCUT2D eigenvalue weighted by Gasteiger charge is -2.23. The highest BCUT2D eigenvalue weighted by Crippen LogP contribution is 2.04. The Morgan fingerprint density at radius 1 is 1.67 bits per heavy atom. The molecule has 1 N–H and O–H groups in total. The third kappa shape index (κ3) is 2.60. The highest BCUT2D eigenvalue weighted by molar-refractivity contribution is 7.80. The van der Waals surface area contributed by atoms with Gasteiger partial charge in [-0.25, -0.2) is 0 Å². The lowest BCUT2D eigenvalue weighted by molar-refractivity contribution is 0.0743. The van der Waals surface area contributed by atoms with E-state index in [-0.39, 0.29) is 0 Å². The molecule has 1 unspecified atom stereocenters. The second kappa shape index (κ2) is 4.62. The molecule has 0 saturated carbocycles. The zero-order valence-corrected chi connectivity index (χ0v) is 8.49. The molecule has 0 aliphatic carbocycles. The summed E-state index contributed by atoms with van der Waals surface area (Å²) in [5, 5.41) is 3.81. The number of ether oxygens (including phenoxy) is 1. The largest absolute Gasteiger partial charge is 0.377 e. The highest BCUT2D eigenvalue weighted by Gasteiger charge is 2.15. The zero-order chi connectivity index (χ0) is 8.97. The molecule has 0 radical (unpaired) electrons. The summed E-state index contributed by atoms with van der Waals surface area (Å²) < 4.78 is 5.50. The van der Waals surface area contributed by atoms with Gasteiger partial charge in [0.1, 0.15) is 0 Å². The van der Waals surface area contributed by atoms with Gasteiger partial charge in [-0.3, -0.25) is 0 Å². The molecule has 1 rings (SSSR count). The van der Waals surface area contributed by atoms with E-state index in [4.69, 9.17) is 17.0 Å². The molecule has 1 aliphatic rings. The van der Waals surface area contributed by atoms with E-state index in [0.29, 0.717) is 6.10 Å². The van der Waals surface area contributed by atoms with Crippen LogP contribution in [0.5, 0.6) is 0 Å². The topological polar surface area (TPSA) is 24.5 Å². The molecule has 1 aliphatic heterocycles. The van der Waals surface area contributed by atoms with E-state index < -0.39 is 0 Å². The van der Waals surface area contributed by atoms with Gasteiger partial charge in [0, 0.05) is 26.7 Å². The molecule has 1 fully saturated rings. The Morgan fingerprint density at radius 3 is 3.08 bits per heavy atom. The van der Waals surface area contributed by atoms with Gasteiger partial charge in [0.2, 0.25) is 0 Å². The Labute approximate surface area is 79.1 Å². The number of hydrogen-bond acceptors (Lipinski definition) is 2. The normalized spacial score (nSPS) is 24.8. The summed E-state index contributed by atoms with van der Waals surface area (Å²) in [7, 11) is 1.86. The Balaban J connectivity index is 2.46. The summed E-state index contributed by atoms with van der Waals surface area (Å²) in [6, 6.07) is 0. The molecule has 0 spiro atoms. The van der Waals surface area contributed by atoms with Crippen LogP contribution in [-0.2, 0) is 4.74 Å². The molecule has 0 aromatic carbocycles. The molecule has 3 nitrogen and oxygen atoms in total. The maximum atomic E-state index is 5.50. The SMILES string of the molecule is CNC(=S)N1CCCOC(C)C1. The Bertz CT molecular complexity index is 163. The molecule has 4 heteroatoms. The van der Waals surface area contributed by atoms with Crippen molar-refractivity contribution in [3.8, 4) is 0 Å². The predicted octanol–water partition coefficient (Wildman–Crippen LogP) is 0.601. The average molecular weight is 188 g/mol. The second-order valence-electron chi connectivity index (χ2n) is 3.04. The van der Waals surface area contributed by atoms with Crippen molar-refractivity contribution in [2.24, 2.45) is 0 Å². The van der Waals surface area contributed by atoms with Crippen LogP contribution in [0.2, 0.25) is 0 Å². The first kappa shape index (κ1) is 9.74. The summed E-state index contributed by atoms with van der Waals surface area (Å²) in [5.41, 5.74) is 0. The van der Waals surface area contributed by atoms with Crippen LogP contribution in [0.1, 0.15) is 13.3 Å². The second-order valence-corrected chi connectivity index (χ2v) is 3.42. The van der Waals surface area contributed by atoms with Crippen molar-refractivity contribution in [3.63, 3.8) is 0 Å². The predicted molar refractivity (Wildman–Crippen MR) is 53.3 cm³/mol. The van der Waals surface area contributed by atoms with Gasteiger partial charge in [-0.05, 0) is 25.6 Å². The molecule has 1 heterocycles. The van der Waals surface area contributed by atoms with Crippen molar-refractivity contribution in [1.29, 1.82) is 0 Å². The van der Waals surface area contributed by atoms with E-state index in [1.54, 1.807) is 0 Å². The van der Waals surface area contributed by atoms with E-state index in [2.05, 4.69) is 17.1 Å². The van der Waals surface area contributed by atoms with E-state index in [0.717, 1.165) is 31.2 Å². The molecule has 0 amide bonds. The lowest BCUT2D eigenvalue weighted by Crippen LogP contribution is -2.41. The molecule has 0 aromatic rings. The molecule has 0 bridgehead atoms. The molecular weight excluding hydrogens is 172 g/mol. The summed E-state index contributed by atoms with van der Waals surface area (Å²) >= 11 is 5.15. The number of thiocarbonyl (C=S) groups is 1. The van der Waals surface area contributed by atoms with Crippen LogP contribution >= 0.6 is 12.2 Å². The standard InChI is InChI=1S/C8H16N2OS/c1-7-6-10(8(12)9-2)4-3-5-11-7/h7H,3-6H2,1-2H3,(H,9,12). The minimum atomic E-state index is 0.291. The van der Waals surface area contributed by atoms with Crippen molar-refractivity contribution >= 4 is 17.3 Å². The quantitative estimate of drug-likeness (QED) is 0.563. The van der Waals surface area contributed by atoms with Crippen molar-refractivity contribution in [1.82, 2.24) is 10.2 Å². The Morgan fingerprint density at radius 2 is 2.42 bits per heavy atom. The summed E-state index contributed by atoms with van der Waals surface area (Å²) in [4.78, 5) is 2.16. The van der Waals surface area contributed by atoms with Gasteiger partial charge in [-0.15, -0.1) is 0 Å². The summed E-state index contributed by atoms with van der Waals surface area (Å²) in [6.45, 7) is 4.84. The Hall–Kier alpha value is -0.350.